The van der Waals surface area contributed by atoms with Crippen LogP contribution in [0.5, 0.6) is 0 Å². The third-order valence-corrected chi connectivity index (χ3v) is 4.28. The number of halogens is 1. The van der Waals surface area contributed by atoms with Crippen molar-refractivity contribution in [3.05, 3.63) is 30.1 Å². The molecule has 2 nitrogen and oxygen atoms in total. The van der Waals surface area contributed by atoms with Crippen molar-refractivity contribution in [3.8, 4) is 0 Å². The summed E-state index contributed by atoms with van der Waals surface area (Å²) in [5.74, 6) is 1.99. The van der Waals surface area contributed by atoms with E-state index in [0.717, 1.165) is 17.9 Å². The van der Waals surface area contributed by atoms with E-state index in [1.807, 2.05) is 17.8 Å². The first-order valence-electron chi connectivity index (χ1n) is 5.56. The van der Waals surface area contributed by atoms with Gasteiger partial charge in [-0.1, -0.05) is 6.07 Å². The Labute approximate surface area is 99.8 Å². The van der Waals surface area contributed by atoms with Crippen molar-refractivity contribution in [3.63, 3.8) is 0 Å². The van der Waals surface area contributed by atoms with Crippen LogP contribution in [0.4, 0.5) is 10.1 Å². The van der Waals surface area contributed by atoms with Gasteiger partial charge in [0.15, 0.2) is 0 Å². The molecule has 1 atom stereocenters. The van der Waals surface area contributed by atoms with Gasteiger partial charge in [0.1, 0.15) is 5.82 Å². The summed E-state index contributed by atoms with van der Waals surface area (Å²) in [5.41, 5.74) is 6.62. The van der Waals surface area contributed by atoms with Crippen LogP contribution in [-0.2, 0) is 0 Å². The van der Waals surface area contributed by atoms with E-state index in [2.05, 4.69) is 5.32 Å². The highest BCUT2D eigenvalue weighted by Crippen LogP contribution is 2.29. The van der Waals surface area contributed by atoms with Crippen LogP contribution in [0, 0.1) is 5.82 Å². The predicted octanol–water partition coefficient (Wildman–Crippen LogP) is 2.46. The van der Waals surface area contributed by atoms with Crippen molar-refractivity contribution in [2.24, 2.45) is 5.73 Å². The van der Waals surface area contributed by atoms with Gasteiger partial charge in [0.25, 0.3) is 0 Å². The van der Waals surface area contributed by atoms with E-state index in [4.69, 9.17) is 5.73 Å². The minimum atomic E-state index is -0.208. The summed E-state index contributed by atoms with van der Waals surface area (Å²) in [6.45, 7) is 0.594. The van der Waals surface area contributed by atoms with Crippen LogP contribution in [0.3, 0.4) is 0 Å². The zero-order valence-corrected chi connectivity index (χ0v) is 10.0. The minimum Gasteiger partial charge on any atom is -0.377 e. The van der Waals surface area contributed by atoms with E-state index in [0.29, 0.717) is 6.54 Å². The van der Waals surface area contributed by atoms with Crippen molar-refractivity contribution in [1.82, 2.24) is 0 Å². The number of rotatable bonds is 3. The molecule has 1 aliphatic rings. The fraction of sp³-hybridized carbons (Fsp3) is 0.500. The topological polar surface area (TPSA) is 38.0 Å². The van der Waals surface area contributed by atoms with Crippen molar-refractivity contribution in [2.75, 3.05) is 23.4 Å². The predicted molar refractivity (Wildman–Crippen MR) is 68.4 cm³/mol. The Bertz CT molecular complexity index is 351. The maximum Gasteiger partial charge on any atom is 0.125 e. The Kier molecular flexibility index (Phi) is 3.71. The van der Waals surface area contributed by atoms with Gasteiger partial charge >= 0.3 is 0 Å². The third-order valence-electron chi connectivity index (χ3n) is 2.95. The summed E-state index contributed by atoms with van der Waals surface area (Å²) >= 11 is 1.91. The monoisotopic (exact) mass is 240 g/mol. The van der Waals surface area contributed by atoms with Gasteiger partial charge in [-0.15, -0.1) is 0 Å². The molecule has 2 rings (SSSR count). The molecule has 16 heavy (non-hydrogen) atoms. The molecule has 1 aromatic rings. The maximum absolute atomic E-state index is 13.1. The van der Waals surface area contributed by atoms with Gasteiger partial charge < -0.3 is 11.1 Å². The fourth-order valence-electron chi connectivity index (χ4n) is 2.04. The minimum absolute atomic E-state index is 0.0588. The molecule has 0 aliphatic carbocycles. The molecule has 1 unspecified atom stereocenters. The summed E-state index contributed by atoms with van der Waals surface area (Å²) in [5, 5.41) is 3.40. The third kappa shape index (κ3) is 2.68. The van der Waals surface area contributed by atoms with E-state index >= 15 is 0 Å². The molecule has 4 heteroatoms. The summed E-state index contributed by atoms with van der Waals surface area (Å²) in [7, 11) is 0. The van der Waals surface area contributed by atoms with E-state index in [1.165, 1.54) is 24.3 Å². The normalized spacial score (nSPS) is 25.4. The Morgan fingerprint density at radius 1 is 1.50 bits per heavy atom. The van der Waals surface area contributed by atoms with Crippen LogP contribution in [0.25, 0.3) is 0 Å². The second kappa shape index (κ2) is 5.06. The second-order valence-electron chi connectivity index (χ2n) is 4.28. The zero-order chi connectivity index (χ0) is 11.4. The number of anilines is 1. The Balaban J connectivity index is 2.11. The van der Waals surface area contributed by atoms with Gasteiger partial charge in [-0.3, -0.25) is 0 Å². The lowest BCUT2D eigenvalue weighted by molar-refractivity contribution is 0.475. The summed E-state index contributed by atoms with van der Waals surface area (Å²) in [6.07, 6.45) is 2.23. The van der Waals surface area contributed by atoms with Gasteiger partial charge in [0, 0.05) is 18.0 Å². The quantitative estimate of drug-likeness (QED) is 0.852. The summed E-state index contributed by atoms with van der Waals surface area (Å²) < 4.78 is 13.1. The first-order valence-corrected chi connectivity index (χ1v) is 6.71. The summed E-state index contributed by atoms with van der Waals surface area (Å²) in [6, 6.07) is 6.59. The largest absolute Gasteiger partial charge is 0.377 e. The van der Waals surface area contributed by atoms with E-state index < -0.39 is 0 Å². The van der Waals surface area contributed by atoms with Gasteiger partial charge in [-0.25, -0.2) is 4.39 Å². The van der Waals surface area contributed by atoms with Gasteiger partial charge in [-0.2, -0.15) is 11.8 Å². The molecule has 0 amide bonds. The molecule has 0 saturated carbocycles. The van der Waals surface area contributed by atoms with Gasteiger partial charge in [0.05, 0.1) is 5.54 Å². The first-order chi connectivity index (χ1) is 7.74. The molecule has 3 N–H and O–H groups in total. The van der Waals surface area contributed by atoms with Crippen LogP contribution in [0.1, 0.15) is 12.8 Å². The van der Waals surface area contributed by atoms with Crippen molar-refractivity contribution in [2.45, 2.75) is 18.4 Å². The Morgan fingerprint density at radius 3 is 3.00 bits per heavy atom. The van der Waals surface area contributed by atoms with Gasteiger partial charge in [0.2, 0.25) is 0 Å². The molecule has 1 saturated heterocycles. The summed E-state index contributed by atoms with van der Waals surface area (Å²) in [4.78, 5) is 0. The number of hydrogen-bond donors (Lipinski definition) is 2. The number of benzene rings is 1. The van der Waals surface area contributed by atoms with Crippen molar-refractivity contribution < 1.29 is 4.39 Å². The van der Waals surface area contributed by atoms with Crippen LogP contribution in [0.2, 0.25) is 0 Å². The SMILES string of the molecule is NCC1(Nc2cccc(F)c2)CCCSC1. The molecule has 0 aromatic heterocycles. The fourth-order valence-corrected chi connectivity index (χ4v) is 3.25. The average Bonchev–Trinajstić information content (AvgIpc) is 2.30. The smallest absolute Gasteiger partial charge is 0.125 e. The van der Waals surface area contributed by atoms with Gasteiger partial charge in [-0.05, 0) is 36.8 Å². The van der Waals surface area contributed by atoms with E-state index in [1.54, 1.807) is 6.07 Å². The highest BCUT2D eigenvalue weighted by molar-refractivity contribution is 7.99. The van der Waals surface area contributed by atoms with E-state index in [9.17, 15) is 4.39 Å². The molecular formula is C12H17FN2S. The standard InChI is InChI=1S/C12H17FN2S/c13-10-3-1-4-11(7-10)15-12(8-14)5-2-6-16-9-12/h1,3-4,7,15H,2,5-6,8-9,14H2. The average molecular weight is 240 g/mol. The maximum atomic E-state index is 13.1. The lowest BCUT2D eigenvalue weighted by Crippen LogP contribution is -2.49. The molecule has 1 fully saturated rings. The highest BCUT2D eigenvalue weighted by Gasteiger charge is 2.30. The van der Waals surface area contributed by atoms with E-state index in [-0.39, 0.29) is 11.4 Å². The molecule has 88 valence electrons. The molecule has 0 spiro atoms. The number of nitrogens with one attached hydrogen (secondary N) is 1. The molecule has 1 heterocycles. The van der Waals surface area contributed by atoms with Crippen molar-refractivity contribution >= 4 is 17.4 Å². The van der Waals surface area contributed by atoms with Crippen molar-refractivity contribution in [1.29, 1.82) is 0 Å². The molecule has 1 aromatic carbocycles. The molecule has 0 radical (unpaired) electrons. The molecular weight excluding hydrogens is 223 g/mol. The van der Waals surface area contributed by atoms with Crippen LogP contribution in [-0.4, -0.2) is 23.6 Å². The Hall–Kier alpha value is -0.740. The lowest BCUT2D eigenvalue weighted by atomic mass is 9.95. The molecule has 1 aliphatic heterocycles. The second-order valence-corrected chi connectivity index (χ2v) is 5.38. The van der Waals surface area contributed by atoms with Crippen LogP contribution >= 0.6 is 11.8 Å². The first kappa shape index (κ1) is 11.7. The highest BCUT2D eigenvalue weighted by atomic mass is 32.2. The van der Waals surface area contributed by atoms with Crippen LogP contribution < -0.4 is 11.1 Å². The van der Waals surface area contributed by atoms with Crippen LogP contribution in [0.15, 0.2) is 24.3 Å². The zero-order valence-electron chi connectivity index (χ0n) is 9.21. The number of thioether (sulfide) groups is 1. The lowest BCUT2D eigenvalue weighted by Gasteiger charge is -2.37. The number of nitrogens with two attached hydrogens (primary N) is 1. The molecule has 0 bridgehead atoms. The Morgan fingerprint density at radius 2 is 2.38 bits per heavy atom. The number of hydrogen-bond acceptors (Lipinski definition) is 3.